The highest BCUT2D eigenvalue weighted by atomic mass is 16.3. The van der Waals surface area contributed by atoms with Crippen molar-refractivity contribution in [2.45, 2.75) is 109 Å². The Morgan fingerprint density at radius 2 is 1.78 bits per heavy atom. The molecular formula is C26H39N5O. The molecule has 4 rings (SSSR count). The lowest BCUT2D eigenvalue weighted by atomic mass is 9.85. The van der Waals surface area contributed by atoms with Gasteiger partial charge in [0.2, 0.25) is 5.95 Å². The first-order chi connectivity index (χ1) is 15.6. The highest BCUT2D eigenvalue weighted by molar-refractivity contribution is 5.73. The van der Waals surface area contributed by atoms with E-state index in [4.69, 9.17) is 9.97 Å². The molecule has 2 fully saturated rings. The van der Waals surface area contributed by atoms with Gasteiger partial charge in [0.15, 0.2) is 0 Å². The van der Waals surface area contributed by atoms with E-state index in [0.29, 0.717) is 23.9 Å². The van der Waals surface area contributed by atoms with E-state index in [9.17, 15) is 5.11 Å². The molecule has 0 radical (unpaired) electrons. The topological polar surface area (TPSA) is 83.0 Å². The summed E-state index contributed by atoms with van der Waals surface area (Å²) in [5, 5.41) is 17.0. The number of anilines is 2. The Kier molecular flexibility index (Phi) is 7.95. The second kappa shape index (κ2) is 11.1. The summed E-state index contributed by atoms with van der Waals surface area (Å²) in [4.78, 5) is 14.3. The summed E-state index contributed by atoms with van der Waals surface area (Å²) in [5.41, 5.74) is 3.22. The molecule has 6 heteroatoms. The van der Waals surface area contributed by atoms with Crippen molar-refractivity contribution in [3.05, 3.63) is 30.1 Å². The van der Waals surface area contributed by atoms with Gasteiger partial charge in [0.25, 0.3) is 0 Å². The molecule has 0 saturated heterocycles. The maximum atomic E-state index is 9.88. The van der Waals surface area contributed by atoms with Crippen LogP contribution in [0.25, 0.3) is 11.3 Å². The van der Waals surface area contributed by atoms with Gasteiger partial charge in [-0.15, -0.1) is 0 Å². The third-order valence-corrected chi connectivity index (χ3v) is 7.06. The van der Waals surface area contributed by atoms with Crippen molar-refractivity contribution in [3.63, 3.8) is 0 Å². The molecule has 0 unspecified atom stereocenters. The number of pyridine rings is 1. The van der Waals surface area contributed by atoms with Crippen LogP contribution in [0.1, 0.15) is 96.0 Å². The smallest absolute Gasteiger partial charge is 0.224 e. The molecule has 6 nitrogen and oxygen atoms in total. The van der Waals surface area contributed by atoms with E-state index >= 15 is 0 Å². The zero-order valence-electron chi connectivity index (χ0n) is 19.7. The molecule has 2 aromatic heterocycles. The van der Waals surface area contributed by atoms with Gasteiger partial charge in [-0.2, -0.15) is 4.98 Å². The Bertz CT molecular complexity index is 842. The number of hydrogen-bond donors (Lipinski definition) is 3. The van der Waals surface area contributed by atoms with Crippen LogP contribution in [0.3, 0.4) is 0 Å². The van der Waals surface area contributed by atoms with Crippen molar-refractivity contribution < 1.29 is 5.11 Å². The average Bonchev–Trinajstić information content (AvgIpc) is 2.82. The van der Waals surface area contributed by atoms with E-state index in [0.717, 1.165) is 55.6 Å². The molecule has 1 atom stereocenters. The predicted molar refractivity (Wildman–Crippen MR) is 131 cm³/mol. The lowest BCUT2D eigenvalue weighted by molar-refractivity contribution is 0.126. The van der Waals surface area contributed by atoms with Crippen molar-refractivity contribution in [3.8, 4) is 11.3 Å². The quantitative estimate of drug-likeness (QED) is 0.477. The maximum Gasteiger partial charge on any atom is 0.224 e. The Hall–Kier alpha value is -2.21. The second-order valence-electron chi connectivity index (χ2n) is 9.75. The van der Waals surface area contributed by atoms with E-state index in [-0.39, 0.29) is 6.10 Å². The first-order valence-corrected chi connectivity index (χ1v) is 12.7. The molecule has 2 aliphatic carbocycles. The highest BCUT2D eigenvalue weighted by Crippen LogP contribution is 2.34. The van der Waals surface area contributed by atoms with Crippen molar-refractivity contribution in [2.24, 2.45) is 0 Å². The first kappa shape index (κ1) is 23.0. The van der Waals surface area contributed by atoms with Gasteiger partial charge in [-0.3, -0.25) is 4.98 Å². The fourth-order valence-electron chi connectivity index (χ4n) is 5.13. The molecule has 2 aliphatic rings. The maximum absolute atomic E-state index is 9.88. The lowest BCUT2D eigenvalue weighted by Gasteiger charge is -2.27. The van der Waals surface area contributed by atoms with Gasteiger partial charge in [0, 0.05) is 24.5 Å². The Labute approximate surface area is 192 Å². The Balaban J connectivity index is 1.56. The van der Waals surface area contributed by atoms with Crippen molar-refractivity contribution >= 4 is 11.8 Å². The fraction of sp³-hybridized carbons (Fsp3) is 0.654. The third-order valence-electron chi connectivity index (χ3n) is 7.06. The molecule has 0 amide bonds. The van der Waals surface area contributed by atoms with Gasteiger partial charge in [0.1, 0.15) is 5.82 Å². The fourth-order valence-corrected chi connectivity index (χ4v) is 5.13. The van der Waals surface area contributed by atoms with Gasteiger partial charge in [-0.1, -0.05) is 38.7 Å². The van der Waals surface area contributed by atoms with Crippen LogP contribution in [0, 0.1) is 0 Å². The summed E-state index contributed by atoms with van der Waals surface area (Å²) in [6.45, 7) is 4.36. The molecule has 174 valence electrons. The van der Waals surface area contributed by atoms with Crippen LogP contribution < -0.4 is 10.6 Å². The molecule has 32 heavy (non-hydrogen) atoms. The van der Waals surface area contributed by atoms with E-state index in [2.05, 4.69) is 47.8 Å². The molecule has 2 saturated carbocycles. The van der Waals surface area contributed by atoms with Crippen molar-refractivity contribution in [2.75, 3.05) is 10.6 Å². The van der Waals surface area contributed by atoms with E-state index in [1.165, 1.54) is 37.7 Å². The van der Waals surface area contributed by atoms with E-state index in [1.807, 2.05) is 6.20 Å². The summed E-state index contributed by atoms with van der Waals surface area (Å²) in [6, 6.07) is 5.02. The number of rotatable bonds is 8. The monoisotopic (exact) mass is 437 g/mol. The van der Waals surface area contributed by atoms with Crippen LogP contribution in [-0.4, -0.2) is 38.2 Å². The van der Waals surface area contributed by atoms with Crippen LogP contribution >= 0.6 is 0 Å². The van der Waals surface area contributed by atoms with Crippen LogP contribution in [-0.2, 0) is 0 Å². The van der Waals surface area contributed by atoms with E-state index < -0.39 is 0 Å². The number of hydrogen-bond acceptors (Lipinski definition) is 6. The van der Waals surface area contributed by atoms with Crippen LogP contribution in [0.4, 0.5) is 11.8 Å². The first-order valence-electron chi connectivity index (χ1n) is 12.7. The number of nitrogens with zero attached hydrogens (tertiary/aromatic N) is 3. The standard InChI is InChI=1S/C26H39N5O/c1-3-7-18(2)29-26-28-17-23(25(31-26)30-21-11-13-22(32)14-12-21)24-15-10-20(16-27-24)19-8-5-4-6-9-19/h10,15-19,21-22,32H,3-9,11-14H2,1-2H3,(H2,28,29,30,31)/t18-,21-,22-/m0/s1. The number of nitrogens with one attached hydrogen (secondary N) is 2. The average molecular weight is 438 g/mol. The van der Waals surface area contributed by atoms with Gasteiger partial charge >= 0.3 is 0 Å². The predicted octanol–water partition coefficient (Wildman–Crippen LogP) is 5.90. The minimum Gasteiger partial charge on any atom is -0.393 e. The highest BCUT2D eigenvalue weighted by Gasteiger charge is 2.22. The third kappa shape index (κ3) is 5.97. The summed E-state index contributed by atoms with van der Waals surface area (Å²) < 4.78 is 0. The molecular weight excluding hydrogens is 398 g/mol. The van der Waals surface area contributed by atoms with E-state index in [1.54, 1.807) is 0 Å². The van der Waals surface area contributed by atoms with Crippen LogP contribution in [0.15, 0.2) is 24.5 Å². The summed E-state index contributed by atoms with van der Waals surface area (Å²) in [6.07, 6.45) is 16.2. The van der Waals surface area contributed by atoms with Gasteiger partial charge in [-0.25, -0.2) is 4.98 Å². The van der Waals surface area contributed by atoms with Crippen molar-refractivity contribution in [1.29, 1.82) is 0 Å². The van der Waals surface area contributed by atoms with Gasteiger partial charge in [0.05, 0.1) is 17.4 Å². The Morgan fingerprint density at radius 3 is 2.47 bits per heavy atom. The molecule has 2 aromatic rings. The molecule has 0 aliphatic heterocycles. The van der Waals surface area contributed by atoms with Crippen LogP contribution in [0.5, 0.6) is 0 Å². The SMILES string of the molecule is CCC[C@H](C)Nc1ncc(-c2ccc(C3CCCCC3)cn2)c(N[C@H]2CC[C@H](O)CC2)n1. The normalized spacial score (nSPS) is 23.0. The minimum absolute atomic E-state index is 0.168. The van der Waals surface area contributed by atoms with Crippen molar-refractivity contribution in [1.82, 2.24) is 15.0 Å². The zero-order valence-corrected chi connectivity index (χ0v) is 19.7. The summed E-state index contributed by atoms with van der Waals surface area (Å²) in [7, 11) is 0. The molecule has 0 spiro atoms. The summed E-state index contributed by atoms with van der Waals surface area (Å²) in [5.74, 6) is 2.15. The zero-order chi connectivity index (χ0) is 22.3. The molecule has 3 N–H and O–H groups in total. The van der Waals surface area contributed by atoms with Gasteiger partial charge < -0.3 is 15.7 Å². The minimum atomic E-state index is -0.168. The summed E-state index contributed by atoms with van der Waals surface area (Å²) >= 11 is 0. The number of aromatic nitrogens is 3. The lowest BCUT2D eigenvalue weighted by Crippen LogP contribution is -2.29. The van der Waals surface area contributed by atoms with Gasteiger partial charge in [-0.05, 0) is 69.4 Å². The molecule has 0 aromatic carbocycles. The second-order valence-corrected chi connectivity index (χ2v) is 9.75. The largest absolute Gasteiger partial charge is 0.393 e. The molecule has 0 bridgehead atoms. The number of aliphatic hydroxyl groups excluding tert-OH is 1. The number of aliphatic hydroxyl groups is 1. The molecule has 2 heterocycles. The Morgan fingerprint density at radius 1 is 1.00 bits per heavy atom. The van der Waals surface area contributed by atoms with Crippen LogP contribution in [0.2, 0.25) is 0 Å².